The lowest BCUT2D eigenvalue weighted by Gasteiger charge is -2.34. The van der Waals surface area contributed by atoms with Crippen molar-refractivity contribution in [1.82, 2.24) is 20.2 Å². The van der Waals surface area contributed by atoms with Gasteiger partial charge in [0.05, 0.1) is 5.54 Å². The summed E-state index contributed by atoms with van der Waals surface area (Å²) in [4.78, 5) is 14.1. The SMILES string of the molecule is Oc1cc(-c2ccc3c(N4C[C@H]5CC[C@@H](C4)N5)nc(OC[C@@]45CCCN4C[C@H](F)C5)nc3c2F)c2c(c1)C1CC1CC2. The van der Waals surface area contributed by atoms with Gasteiger partial charge in [0, 0.05) is 49.1 Å². The molecular weight excluding hydrogens is 536 g/mol. The Kier molecular flexibility index (Phi) is 5.59. The molecule has 2 aromatic carbocycles. The fourth-order valence-corrected chi connectivity index (χ4v) is 9.06. The number of nitrogens with one attached hydrogen (secondary N) is 1. The number of aromatic hydroxyl groups is 1. The third-order valence-electron chi connectivity index (χ3n) is 11.2. The van der Waals surface area contributed by atoms with Crippen LogP contribution in [0.4, 0.5) is 14.6 Å². The van der Waals surface area contributed by atoms with Crippen molar-refractivity contribution in [3.05, 3.63) is 41.2 Å². The zero-order valence-corrected chi connectivity index (χ0v) is 23.8. The van der Waals surface area contributed by atoms with Crippen molar-refractivity contribution >= 4 is 16.7 Å². The number of phenols is 1. The molecule has 42 heavy (non-hydrogen) atoms. The molecule has 3 aromatic rings. The number of benzene rings is 2. The molecule has 7 nitrogen and oxygen atoms in total. The highest BCUT2D eigenvalue weighted by Crippen LogP contribution is 2.56. The van der Waals surface area contributed by atoms with E-state index in [-0.39, 0.29) is 22.8 Å². The van der Waals surface area contributed by atoms with Gasteiger partial charge in [-0.25, -0.2) is 8.78 Å². The number of rotatable bonds is 5. The maximum atomic E-state index is 16.7. The van der Waals surface area contributed by atoms with E-state index in [9.17, 15) is 9.50 Å². The summed E-state index contributed by atoms with van der Waals surface area (Å²) in [6, 6.07) is 8.30. The summed E-state index contributed by atoms with van der Waals surface area (Å²) >= 11 is 0. The molecule has 2 unspecified atom stereocenters. The number of nitrogens with zero attached hydrogens (tertiary/aromatic N) is 4. The van der Waals surface area contributed by atoms with E-state index in [2.05, 4.69) is 15.1 Å². The molecule has 2 N–H and O–H groups in total. The fourth-order valence-electron chi connectivity index (χ4n) is 9.06. The zero-order valence-electron chi connectivity index (χ0n) is 23.8. The van der Waals surface area contributed by atoms with Crippen molar-refractivity contribution in [3.8, 4) is 22.9 Å². The zero-order chi connectivity index (χ0) is 28.2. The lowest BCUT2D eigenvalue weighted by atomic mass is 9.85. The monoisotopic (exact) mass is 573 g/mol. The first kappa shape index (κ1) is 25.5. The van der Waals surface area contributed by atoms with Gasteiger partial charge >= 0.3 is 6.01 Å². The molecule has 0 radical (unpaired) electrons. The van der Waals surface area contributed by atoms with Gasteiger partial charge in [-0.1, -0.05) is 6.07 Å². The number of hydrogen-bond donors (Lipinski definition) is 2. The Bertz CT molecular complexity index is 1590. The molecule has 4 saturated heterocycles. The molecule has 6 atom stereocenters. The first-order chi connectivity index (χ1) is 20.4. The van der Waals surface area contributed by atoms with Crippen molar-refractivity contribution < 1.29 is 18.6 Å². The standard InChI is InChI=1S/C33H37F2N5O2/c34-19-13-33(8-1-9-40(33)14-19)17-42-32-37-30-25(31(38-32)39-15-20-3-4-21(16-39)36-20)7-6-24(29(30)35)27-11-22(41)12-28-23(27)5-2-18-10-26(18)28/h6-7,11-12,18-21,26,36,41H,1-5,8-10,13-17H2/t18?,19-,20-,21+,26?,33+/m1/s1. The molecule has 1 aromatic heterocycles. The van der Waals surface area contributed by atoms with Crippen molar-refractivity contribution in [2.24, 2.45) is 5.92 Å². The number of alkyl halides is 1. The van der Waals surface area contributed by atoms with E-state index in [0.29, 0.717) is 60.3 Å². The molecule has 4 aliphatic heterocycles. The third-order valence-corrected chi connectivity index (χ3v) is 11.2. The van der Waals surface area contributed by atoms with E-state index < -0.39 is 12.0 Å². The van der Waals surface area contributed by atoms with Crippen molar-refractivity contribution in [2.45, 2.75) is 81.1 Å². The Morgan fingerprint density at radius 2 is 1.93 bits per heavy atom. The summed E-state index contributed by atoms with van der Waals surface area (Å²) in [5.41, 5.74) is 3.45. The van der Waals surface area contributed by atoms with Crippen LogP contribution in [0.25, 0.3) is 22.0 Å². The fraction of sp³-hybridized carbons (Fsp3) is 0.576. The molecule has 0 amide bonds. The highest BCUT2D eigenvalue weighted by atomic mass is 19.1. The average Bonchev–Trinajstić information content (AvgIpc) is 3.45. The third kappa shape index (κ3) is 3.95. The first-order valence-electron chi connectivity index (χ1n) is 15.8. The van der Waals surface area contributed by atoms with Gasteiger partial charge in [0.15, 0.2) is 5.82 Å². The summed E-state index contributed by atoms with van der Waals surface area (Å²) in [5.74, 6) is 1.65. The van der Waals surface area contributed by atoms with Gasteiger partial charge in [-0.3, -0.25) is 4.90 Å². The largest absolute Gasteiger partial charge is 0.508 e. The molecular formula is C33H37F2N5O2. The van der Waals surface area contributed by atoms with Crippen LogP contribution in [0, 0.1) is 11.7 Å². The van der Waals surface area contributed by atoms with Crippen LogP contribution < -0.4 is 15.0 Å². The van der Waals surface area contributed by atoms with Crippen LogP contribution in [0.1, 0.15) is 62.0 Å². The van der Waals surface area contributed by atoms with Crippen LogP contribution in [0.2, 0.25) is 0 Å². The molecule has 2 bridgehead atoms. The molecule has 9 rings (SSSR count). The van der Waals surface area contributed by atoms with Crippen LogP contribution in [-0.4, -0.2) is 76.6 Å². The Morgan fingerprint density at radius 1 is 1.07 bits per heavy atom. The van der Waals surface area contributed by atoms with Crippen LogP contribution in [0.5, 0.6) is 11.8 Å². The summed E-state index contributed by atoms with van der Waals surface area (Å²) in [5, 5.41) is 15.0. The number of hydrogen-bond acceptors (Lipinski definition) is 7. The lowest BCUT2D eigenvalue weighted by Crippen LogP contribution is -2.51. The van der Waals surface area contributed by atoms with Gasteiger partial charge < -0.3 is 20.1 Å². The topological polar surface area (TPSA) is 73.8 Å². The number of ether oxygens (including phenoxy) is 1. The van der Waals surface area contributed by atoms with Crippen LogP contribution in [0.15, 0.2) is 24.3 Å². The molecule has 220 valence electrons. The van der Waals surface area contributed by atoms with E-state index in [1.54, 1.807) is 6.07 Å². The Labute approximate surface area is 244 Å². The molecule has 5 heterocycles. The molecule has 5 fully saturated rings. The van der Waals surface area contributed by atoms with E-state index in [4.69, 9.17) is 14.7 Å². The Hall–Kier alpha value is -3.04. The van der Waals surface area contributed by atoms with Crippen LogP contribution in [0.3, 0.4) is 0 Å². The second-order valence-electron chi connectivity index (χ2n) is 13.8. The van der Waals surface area contributed by atoms with E-state index in [1.807, 2.05) is 18.2 Å². The first-order valence-corrected chi connectivity index (χ1v) is 15.8. The minimum atomic E-state index is -0.850. The number of piperazine rings is 1. The minimum absolute atomic E-state index is 0.154. The molecule has 0 spiro atoms. The van der Waals surface area contributed by atoms with Crippen molar-refractivity contribution in [2.75, 3.05) is 37.7 Å². The number of aromatic nitrogens is 2. The summed E-state index contributed by atoms with van der Waals surface area (Å²) in [6.45, 7) is 3.23. The highest BCUT2D eigenvalue weighted by Gasteiger charge is 2.49. The second kappa shape index (κ2) is 9.23. The summed E-state index contributed by atoms with van der Waals surface area (Å²) in [7, 11) is 0. The average molecular weight is 574 g/mol. The van der Waals surface area contributed by atoms with Gasteiger partial charge in [-0.15, -0.1) is 0 Å². The van der Waals surface area contributed by atoms with Gasteiger partial charge in [0.2, 0.25) is 0 Å². The van der Waals surface area contributed by atoms with Gasteiger partial charge in [-0.2, -0.15) is 9.97 Å². The smallest absolute Gasteiger partial charge is 0.319 e. The minimum Gasteiger partial charge on any atom is -0.508 e. The quantitative estimate of drug-likeness (QED) is 0.441. The van der Waals surface area contributed by atoms with Crippen LogP contribution in [-0.2, 0) is 6.42 Å². The Balaban J connectivity index is 1.15. The van der Waals surface area contributed by atoms with E-state index in [1.165, 1.54) is 5.56 Å². The van der Waals surface area contributed by atoms with E-state index >= 15 is 4.39 Å². The molecule has 2 aliphatic carbocycles. The van der Waals surface area contributed by atoms with Crippen molar-refractivity contribution in [3.63, 3.8) is 0 Å². The van der Waals surface area contributed by atoms with E-state index in [0.717, 1.165) is 75.7 Å². The number of phenolic OH excluding ortho intramolecular Hbond substituents is 1. The van der Waals surface area contributed by atoms with Gasteiger partial charge in [-0.05, 0) is 98.2 Å². The predicted octanol–water partition coefficient (Wildman–Crippen LogP) is 5.09. The number of halogens is 2. The number of anilines is 1. The normalized spacial score (nSPS) is 33.1. The predicted molar refractivity (Wildman–Crippen MR) is 156 cm³/mol. The van der Waals surface area contributed by atoms with Crippen LogP contribution >= 0.6 is 0 Å². The highest BCUT2D eigenvalue weighted by molar-refractivity contribution is 5.94. The molecule has 6 aliphatic rings. The maximum Gasteiger partial charge on any atom is 0.319 e. The Morgan fingerprint density at radius 3 is 2.79 bits per heavy atom. The van der Waals surface area contributed by atoms with Crippen molar-refractivity contribution in [1.29, 1.82) is 0 Å². The molecule has 9 heteroatoms. The molecule has 1 saturated carbocycles. The summed E-state index contributed by atoms with van der Waals surface area (Å²) < 4.78 is 37.5. The number of fused-ring (bicyclic) bond motifs is 7. The summed E-state index contributed by atoms with van der Waals surface area (Å²) in [6.07, 6.45) is 6.93. The maximum absolute atomic E-state index is 16.7. The lowest BCUT2D eigenvalue weighted by molar-refractivity contribution is 0.107. The second-order valence-corrected chi connectivity index (χ2v) is 13.8. The van der Waals surface area contributed by atoms with Gasteiger partial charge in [0.1, 0.15) is 29.9 Å². The van der Waals surface area contributed by atoms with Gasteiger partial charge in [0.25, 0.3) is 0 Å².